The van der Waals surface area contributed by atoms with Gasteiger partial charge in [0.15, 0.2) is 0 Å². The predicted octanol–water partition coefficient (Wildman–Crippen LogP) is 1.05. The highest BCUT2D eigenvalue weighted by Crippen LogP contribution is 2.17. The highest BCUT2D eigenvalue weighted by Gasteiger charge is 2.23. The molecule has 1 atom stereocenters. The third-order valence-electron chi connectivity index (χ3n) is 3.74. The molecule has 1 saturated heterocycles. The summed E-state index contributed by atoms with van der Waals surface area (Å²) in [4.78, 5) is 14.1. The van der Waals surface area contributed by atoms with Crippen molar-refractivity contribution in [3.8, 4) is 0 Å². The third kappa shape index (κ3) is 2.27. The predicted molar refractivity (Wildman–Crippen MR) is 74.3 cm³/mol. The molecular weight excluding hydrogens is 256 g/mol. The van der Waals surface area contributed by atoms with E-state index < -0.39 is 6.10 Å². The van der Waals surface area contributed by atoms with Crippen LogP contribution < -0.4 is 0 Å². The number of aliphatic hydroxyl groups excluding tert-OH is 1. The number of amides is 1. The molecule has 1 amide bonds. The van der Waals surface area contributed by atoms with Crippen molar-refractivity contribution in [1.29, 1.82) is 0 Å². The molecular formula is C14H18N4O2. The fourth-order valence-electron chi connectivity index (χ4n) is 2.66. The molecule has 3 rings (SSSR count). The molecule has 1 aromatic carbocycles. The van der Waals surface area contributed by atoms with E-state index in [4.69, 9.17) is 0 Å². The largest absolute Gasteiger partial charge is 0.391 e. The van der Waals surface area contributed by atoms with E-state index in [1.54, 1.807) is 21.7 Å². The van der Waals surface area contributed by atoms with Gasteiger partial charge in [0, 0.05) is 25.2 Å². The molecule has 0 radical (unpaired) electrons. The second kappa shape index (κ2) is 5.20. The van der Waals surface area contributed by atoms with Crippen LogP contribution in [0, 0.1) is 0 Å². The van der Waals surface area contributed by atoms with Crippen LogP contribution in [0.5, 0.6) is 0 Å². The smallest absolute Gasteiger partial charge is 0.254 e. The summed E-state index contributed by atoms with van der Waals surface area (Å²) in [5.41, 5.74) is 2.27. The second-order valence-corrected chi connectivity index (χ2v) is 5.16. The first-order valence-corrected chi connectivity index (χ1v) is 6.99. The second-order valence-electron chi connectivity index (χ2n) is 5.16. The van der Waals surface area contributed by atoms with Gasteiger partial charge >= 0.3 is 0 Å². The number of fused-ring (bicyclic) bond motifs is 1. The molecule has 6 heteroatoms. The van der Waals surface area contributed by atoms with Crippen LogP contribution in [0.1, 0.15) is 30.1 Å². The Morgan fingerprint density at radius 3 is 3.10 bits per heavy atom. The Morgan fingerprint density at radius 1 is 1.50 bits per heavy atom. The molecule has 2 aromatic rings. The van der Waals surface area contributed by atoms with E-state index in [-0.39, 0.29) is 5.91 Å². The first kappa shape index (κ1) is 13.1. The summed E-state index contributed by atoms with van der Waals surface area (Å²) in [6.45, 7) is 3.87. The van der Waals surface area contributed by atoms with Gasteiger partial charge < -0.3 is 10.0 Å². The van der Waals surface area contributed by atoms with Crippen LogP contribution in [0.2, 0.25) is 0 Å². The standard InChI is InChI=1S/C14H18N4O2/c1-2-18-13-6-5-10(8-12(13)15-16-18)14(20)17-7-3-4-11(19)9-17/h5-6,8,11,19H,2-4,7,9H2,1H3. The van der Waals surface area contributed by atoms with Crippen molar-refractivity contribution in [2.45, 2.75) is 32.4 Å². The highest BCUT2D eigenvalue weighted by atomic mass is 16.3. The SMILES string of the molecule is CCn1nnc2cc(C(=O)N3CCCC(O)C3)ccc21. The van der Waals surface area contributed by atoms with Crippen molar-refractivity contribution in [1.82, 2.24) is 19.9 Å². The molecule has 106 valence electrons. The minimum absolute atomic E-state index is 0.0447. The number of hydrogen-bond acceptors (Lipinski definition) is 4. The number of benzene rings is 1. The summed E-state index contributed by atoms with van der Waals surface area (Å²) >= 11 is 0. The summed E-state index contributed by atoms with van der Waals surface area (Å²) in [6, 6.07) is 5.46. The van der Waals surface area contributed by atoms with Gasteiger partial charge in [-0.15, -0.1) is 5.10 Å². The van der Waals surface area contributed by atoms with Crippen molar-refractivity contribution < 1.29 is 9.90 Å². The zero-order valence-corrected chi connectivity index (χ0v) is 11.5. The summed E-state index contributed by atoms with van der Waals surface area (Å²) in [7, 11) is 0. The van der Waals surface area contributed by atoms with Gasteiger partial charge in [-0.2, -0.15) is 0 Å². The molecule has 0 saturated carbocycles. The average molecular weight is 274 g/mol. The van der Waals surface area contributed by atoms with E-state index in [0.29, 0.717) is 18.7 Å². The molecule has 1 unspecified atom stereocenters. The van der Waals surface area contributed by atoms with Crippen LogP contribution >= 0.6 is 0 Å². The first-order chi connectivity index (χ1) is 9.69. The van der Waals surface area contributed by atoms with Gasteiger partial charge in [-0.05, 0) is 38.0 Å². The van der Waals surface area contributed by atoms with Crippen LogP contribution in [0.25, 0.3) is 11.0 Å². The maximum absolute atomic E-state index is 12.4. The Morgan fingerprint density at radius 2 is 2.35 bits per heavy atom. The minimum atomic E-state index is -0.405. The quantitative estimate of drug-likeness (QED) is 0.888. The van der Waals surface area contributed by atoms with Crippen LogP contribution in [0.3, 0.4) is 0 Å². The van der Waals surface area contributed by atoms with E-state index >= 15 is 0 Å². The average Bonchev–Trinajstić information content (AvgIpc) is 2.88. The molecule has 20 heavy (non-hydrogen) atoms. The normalized spacial score (nSPS) is 19.5. The molecule has 0 aliphatic carbocycles. The number of aromatic nitrogens is 3. The molecule has 1 fully saturated rings. The van der Waals surface area contributed by atoms with Crippen molar-refractivity contribution in [3.05, 3.63) is 23.8 Å². The monoisotopic (exact) mass is 274 g/mol. The highest BCUT2D eigenvalue weighted by molar-refractivity contribution is 5.97. The fourth-order valence-corrected chi connectivity index (χ4v) is 2.66. The summed E-state index contributed by atoms with van der Waals surface area (Å²) in [5, 5.41) is 17.8. The summed E-state index contributed by atoms with van der Waals surface area (Å²) < 4.78 is 1.80. The third-order valence-corrected chi connectivity index (χ3v) is 3.74. The van der Waals surface area contributed by atoms with Crippen LogP contribution in [0.4, 0.5) is 0 Å². The lowest BCUT2D eigenvalue weighted by molar-refractivity contribution is 0.0474. The van der Waals surface area contributed by atoms with Gasteiger partial charge in [0.25, 0.3) is 5.91 Å². The topological polar surface area (TPSA) is 71.2 Å². The number of likely N-dealkylation sites (tertiary alicyclic amines) is 1. The lowest BCUT2D eigenvalue weighted by Gasteiger charge is -2.30. The Kier molecular flexibility index (Phi) is 3.40. The number of β-amino-alcohol motifs (C(OH)–C–C–N with tert-alkyl or cyclic N) is 1. The molecule has 1 aliphatic heterocycles. The Bertz CT molecular complexity index is 637. The van der Waals surface area contributed by atoms with Crippen LogP contribution in [0.15, 0.2) is 18.2 Å². The maximum atomic E-state index is 12.4. The minimum Gasteiger partial charge on any atom is -0.391 e. The van der Waals surface area contributed by atoms with E-state index in [0.717, 1.165) is 30.4 Å². The van der Waals surface area contributed by atoms with E-state index in [2.05, 4.69) is 10.3 Å². The van der Waals surface area contributed by atoms with Crippen molar-refractivity contribution in [2.24, 2.45) is 0 Å². The molecule has 1 aliphatic rings. The molecule has 0 spiro atoms. The van der Waals surface area contributed by atoms with Crippen LogP contribution in [-0.4, -0.2) is 50.1 Å². The number of carbonyl (C=O) groups excluding carboxylic acids is 1. The summed E-state index contributed by atoms with van der Waals surface area (Å²) in [6.07, 6.45) is 1.21. The molecule has 1 aromatic heterocycles. The number of hydrogen-bond donors (Lipinski definition) is 1. The van der Waals surface area contributed by atoms with Gasteiger partial charge in [-0.25, -0.2) is 4.68 Å². The first-order valence-electron chi connectivity index (χ1n) is 6.99. The number of piperidine rings is 1. The number of aliphatic hydroxyl groups is 1. The lowest BCUT2D eigenvalue weighted by Crippen LogP contribution is -2.42. The van der Waals surface area contributed by atoms with Crippen molar-refractivity contribution in [3.63, 3.8) is 0 Å². The number of nitrogens with zero attached hydrogens (tertiary/aromatic N) is 4. The molecule has 0 bridgehead atoms. The number of aryl methyl sites for hydroxylation is 1. The Labute approximate surface area is 117 Å². The maximum Gasteiger partial charge on any atom is 0.254 e. The fraction of sp³-hybridized carbons (Fsp3) is 0.500. The van der Waals surface area contributed by atoms with Crippen molar-refractivity contribution in [2.75, 3.05) is 13.1 Å². The molecule has 1 N–H and O–H groups in total. The Balaban J connectivity index is 1.88. The van der Waals surface area contributed by atoms with Gasteiger partial charge in [0.1, 0.15) is 5.52 Å². The van der Waals surface area contributed by atoms with Gasteiger partial charge in [-0.3, -0.25) is 4.79 Å². The van der Waals surface area contributed by atoms with Gasteiger partial charge in [-0.1, -0.05) is 5.21 Å². The van der Waals surface area contributed by atoms with Crippen LogP contribution in [-0.2, 0) is 6.54 Å². The van der Waals surface area contributed by atoms with E-state index in [1.807, 2.05) is 13.0 Å². The van der Waals surface area contributed by atoms with E-state index in [1.165, 1.54) is 0 Å². The lowest BCUT2D eigenvalue weighted by atomic mass is 10.1. The van der Waals surface area contributed by atoms with Crippen molar-refractivity contribution >= 4 is 16.9 Å². The zero-order valence-electron chi connectivity index (χ0n) is 11.5. The molecule has 6 nitrogen and oxygen atoms in total. The van der Waals surface area contributed by atoms with Gasteiger partial charge in [0.05, 0.1) is 11.6 Å². The zero-order chi connectivity index (χ0) is 14.1. The molecule has 2 heterocycles. The summed E-state index contributed by atoms with van der Waals surface area (Å²) in [5.74, 6) is -0.0447. The van der Waals surface area contributed by atoms with Gasteiger partial charge in [0.2, 0.25) is 0 Å². The number of rotatable bonds is 2. The Hall–Kier alpha value is -1.95. The van der Waals surface area contributed by atoms with E-state index in [9.17, 15) is 9.90 Å². The number of carbonyl (C=O) groups is 1.